The zero-order valence-corrected chi connectivity index (χ0v) is 36.0. The molecule has 3 atom stereocenters. The largest absolute Gasteiger partial charge is 0.472 e. The maximum atomic E-state index is 12.6. The van der Waals surface area contributed by atoms with Crippen molar-refractivity contribution in [3.8, 4) is 0 Å². The lowest BCUT2D eigenvalue weighted by atomic mass is 10.0. The molecule has 55 heavy (non-hydrogen) atoms. The second-order valence-electron chi connectivity index (χ2n) is 15.1. The minimum atomic E-state index is -4.61. The standard InChI is InChI=1S/C44H83O10P/c1-3-5-7-9-11-13-15-17-18-19-20-21-22-24-26-28-30-32-34-36-44(48)54-42(40-53-55(49,50)52-38-41(46)37-45)39-51-43(47)35-33-31-29-27-25-23-16-14-12-10-8-6-4-2/h11,13,17-18,41-42,45-46H,3-10,12,14-16,19-40H2,1-2H3,(H,49,50)/b13-11-,18-17-/t41-,42+/m0/s1. The predicted octanol–water partition coefficient (Wildman–Crippen LogP) is 11.8. The van der Waals surface area contributed by atoms with E-state index in [-0.39, 0.29) is 19.4 Å². The molecule has 0 saturated heterocycles. The Morgan fingerprint density at radius 3 is 1.44 bits per heavy atom. The van der Waals surface area contributed by atoms with Crippen LogP contribution < -0.4 is 0 Å². The predicted molar refractivity (Wildman–Crippen MR) is 224 cm³/mol. The lowest BCUT2D eigenvalue weighted by molar-refractivity contribution is -0.161. The van der Waals surface area contributed by atoms with E-state index in [0.29, 0.717) is 12.8 Å². The van der Waals surface area contributed by atoms with E-state index in [9.17, 15) is 24.2 Å². The van der Waals surface area contributed by atoms with Crippen molar-refractivity contribution < 1.29 is 47.8 Å². The molecule has 0 aliphatic rings. The summed E-state index contributed by atoms with van der Waals surface area (Å²) in [6.07, 6.45) is 39.9. The molecule has 0 rings (SSSR count). The highest BCUT2D eigenvalue weighted by molar-refractivity contribution is 7.47. The third kappa shape index (κ3) is 40.4. The van der Waals surface area contributed by atoms with Gasteiger partial charge in [-0.2, -0.15) is 0 Å². The van der Waals surface area contributed by atoms with Crippen LogP contribution in [0.4, 0.5) is 0 Å². The van der Waals surface area contributed by atoms with Gasteiger partial charge >= 0.3 is 19.8 Å². The highest BCUT2D eigenvalue weighted by atomic mass is 31.2. The Morgan fingerprint density at radius 1 is 0.545 bits per heavy atom. The quantitative estimate of drug-likeness (QED) is 0.0236. The number of phosphoric ester groups is 1. The van der Waals surface area contributed by atoms with Crippen molar-refractivity contribution in [3.05, 3.63) is 24.3 Å². The van der Waals surface area contributed by atoms with Crippen LogP contribution in [0.15, 0.2) is 24.3 Å². The molecule has 1 unspecified atom stereocenters. The summed E-state index contributed by atoms with van der Waals surface area (Å²) >= 11 is 0. The van der Waals surface area contributed by atoms with Crippen molar-refractivity contribution in [2.45, 2.75) is 219 Å². The molecule has 324 valence electrons. The molecule has 0 aliphatic heterocycles. The van der Waals surface area contributed by atoms with Gasteiger partial charge in [-0.15, -0.1) is 0 Å². The molecule has 0 aromatic heterocycles. The van der Waals surface area contributed by atoms with E-state index in [2.05, 4.69) is 38.2 Å². The molecular formula is C44H83O10P. The zero-order chi connectivity index (χ0) is 40.5. The second kappa shape index (κ2) is 40.6. The number of unbranched alkanes of at least 4 members (excludes halogenated alkanes) is 24. The van der Waals surface area contributed by atoms with Crippen molar-refractivity contribution in [3.63, 3.8) is 0 Å². The Kier molecular flexibility index (Phi) is 39.5. The number of hydrogen-bond donors (Lipinski definition) is 3. The zero-order valence-electron chi connectivity index (χ0n) is 35.2. The molecule has 0 amide bonds. The van der Waals surface area contributed by atoms with Crippen LogP contribution >= 0.6 is 7.82 Å². The van der Waals surface area contributed by atoms with E-state index in [1.54, 1.807) is 0 Å². The van der Waals surface area contributed by atoms with Crippen molar-refractivity contribution in [1.82, 2.24) is 0 Å². The Hall–Kier alpha value is -1.55. The van der Waals surface area contributed by atoms with Gasteiger partial charge in [0, 0.05) is 12.8 Å². The molecule has 11 heteroatoms. The number of aliphatic hydroxyl groups is 2. The first-order valence-corrected chi connectivity index (χ1v) is 23.8. The van der Waals surface area contributed by atoms with Crippen molar-refractivity contribution >= 4 is 19.8 Å². The highest BCUT2D eigenvalue weighted by Crippen LogP contribution is 2.43. The fourth-order valence-electron chi connectivity index (χ4n) is 6.14. The summed E-state index contributed by atoms with van der Waals surface area (Å²) in [5.41, 5.74) is 0. The lowest BCUT2D eigenvalue weighted by Crippen LogP contribution is -2.29. The number of ether oxygens (including phenoxy) is 2. The SMILES string of the molecule is CCCCC/C=C\C/C=C\CCCCCCCCCCCC(=O)O[C@H](COC(=O)CCCCCCCCCCCCCCC)COP(=O)(O)OC[C@@H](O)CO. The first kappa shape index (κ1) is 53.5. The summed E-state index contributed by atoms with van der Waals surface area (Å²) < 4.78 is 32.7. The van der Waals surface area contributed by atoms with Crippen LogP contribution in [0.5, 0.6) is 0 Å². The molecule has 0 radical (unpaired) electrons. The molecule has 10 nitrogen and oxygen atoms in total. The third-order valence-electron chi connectivity index (χ3n) is 9.61. The molecule has 0 fully saturated rings. The topological polar surface area (TPSA) is 149 Å². The van der Waals surface area contributed by atoms with Crippen LogP contribution in [0.2, 0.25) is 0 Å². The number of carbonyl (C=O) groups excluding carboxylic acids is 2. The minimum Gasteiger partial charge on any atom is -0.462 e. The van der Waals surface area contributed by atoms with Gasteiger partial charge in [-0.1, -0.05) is 173 Å². The van der Waals surface area contributed by atoms with Gasteiger partial charge in [0.15, 0.2) is 6.10 Å². The summed E-state index contributed by atoms with van der Waals surface area (Å²) in [5, 5.41) is 18.3. The van der Waals surface area contributed by atoms with Crippen molar-refractivity contribution in [2.75, 3.05) is 26.4 Å². The number of aliphatic hydroxyl groups excluding tert-OH is 2. The molecule has 0 aromatic carbocycles. The molecule has 0 spiro atoms. The van der Waals surface area contributed by atoms with Crippen LogP contribution in [0, 0.1) is 0 Å². The summed E-state index contributed by atoms with van der Waals surface area (Å²) in [4.78, 5) is 35.0. The smallest absolute Gasteiger partial charge is 0.462 e. The maximum Gasteiger partial charge on any atom is 0.472 e. The number of hydrogen-bond acceptors (Lipinski definition) is 9. The molecule has 0 heterocycles. The number of rotatable bonds is 42. The fourth-order valence-corrected chi connectivity index (χ4v) is 6.93. The normalized spacial score (nSPS) is 14.1. The van der Waals surface area contributed by atoms with E-state index >= 15 is 0 Å². The van der Waals surface area contributed by atoms with Gasteiger partial charge in [-0.05, 0) is 44.9 Å². The van der Waals surface area contributed by atoms with E-state index in [4.69, 9.17) is 23.6 Å². The summed E-state index contributed by atoms with van der Waals surface area (Å²) in [5.74, 6) is -0.922. The molecule has 0 saturated carbocycles. The summed E-state index contributed by atoms with van der Waals surface area (Å²) in [7, 11) is -4.61. The van der Waals surface area contributed by atoms with Crippen LogP contribution in [0.25, 0.3) is 0 Å². The van der Waals surface area contributed by atoms with E-state index in [0.717, 1.165) is 51.4 Å². The minimum absolute atomic E-state index is 0.182. The van der Waals surface area contributed by atoms with Gasteiger partial charge in [-0.25, -0.2) is 4.57 Å². The van der Waals surface area contributed by atoms with Crippen molar-refractivity contribution in [1.29, 1.82) is 0 Å². The van der Waals surface area contributed by atoms with Gasteiger partial charge in [0.1, 0.15) is 12.7 Å². The monoisotopic (exact) mass is 803 g/mol. The molecule has 0 aromatic rings. The molecular weight excluding hydrogens is 719 g/mol. The van der Waals surface area contributed by atoms with Gasteiger partial charge < -0.3 is 24.6 Å². The maximum absolute atomic E-state index is 12.6. The number of carbonyl (C=O) groups is 2. The first-order valence-electron chi connectivity index (χ1n) is 22.3. The van der Waals surface area contributed by atoms with E-state index in [1.807, 2.05) is 0 Å². The van der Waals surface area contributed by atoms with E-state index in [1.165, 1.54) is 116 Å². The molecule has 3 N–H and O–H groups in total. The highest BCUT2D eigenvalue weighted by Gasteiger charge is 2.27. The average Bonchev–Trinajstić information content (AvgIpc) is 3.17. The van der Waals surface area contributed by atoms with Crippen LogP contribution in [-0.4, -0.2) is 65.7 Å². The van der Waals surface area contributed by atoms with Gasteiger partial charge in [0.05, 0.1) is 19.8 Å². The van der Waals surface area contributed by atoms with Crippen LogP contribution in [0.3, 0.4) is 0 Å². The Bertz CT molecular complexity index is 972. The Morgan fingerprint density at radius 2 is 0.945 bits per heavy atom. The third-order valence-corrected chi connectivity index (χ3v) is 10.6. The lowest BCUT2D eigenvalue weighted by Gasteiger charge is -2.20. The fraction of sp³-hybridized carbons (Fsp3) is 0.864. The van der Waals surface area contributed by atoms with E-state index < -0.39 is 51.8 Å². The molecule has 0 aliphatic carbocycles. The summed E-state index contributed by atoms with van der Waals surface area (Å²) in [6.45, 7) is 2.37. The summed E-state index contributed by atoms with van der Waals surface area (Å²) in [6, 6.07) is 0. The Labute approximate surface area is 336 Å². The number of allylic oxidation sites excluding steroid dienone is 4. The Balaban J connectivity index is 4.25. The average molecular weight is 803 g/mol. The van der Waals surface area contributed by atoms with Gasteiger partial charge in [0.25, 0.3) is 0 Å². The van der Waals surface area contributed by atoms with Crippen molar-refractivity contribution in [2.24, 2.45) is 0 Å². The second-order valence-corrected chi connectivity index (χ2v) is 16.5. The number of phosphoric acid groups is 1. The van der Waals surface area contributed by atoms with Crippen LogP contribution in [0.1, 0.15) is 206 Å². The van der Waals surface area contributed by atoms with Gasteiger partial charge in [0.2, 0.25) is 0 Å². The molecule has 0 bridgehead atoms. The van der Waals surface area contributed by atoms with Gasteiger partial charge in [-0.3, -0.25) is 18.6 Å². The first-order chi connectivity index (χ1) is 26.7. The number of esters is 2. The van der Waals surface area contributed by atoms with Crippen LogP contribution in [-0.2, 0) is 32.7 Å².